The van der Waals surface area contributed by atoms with Gasteiger partial charge >= 0.3 is 6.09 Å². The Morgan fingerprint density at radius 3 is 2.80 bits per heavy atom. The fourth-order valence-electron chi connectivity index (χ4n) is 3.63. The number of fused-ring (bicyclic) bond motifs is 1. The predicted molar refractivity (Wildman–Crippen MR) is 133 cm³/mol. The van der Waals surface area contributed by atoms with Gasteiger partial charge in [-0.05, 0) is 51.5 Å². The van der Waals surface area contributed by atoms with Crippen molar-refractivity contribution in [2.75, 3.05) is 18.4 Å². The minimum absolute atomic E-state index is 0.0126. The highest BCUT2D eigenvalue weighted by atomic mass is 16.6. The number of aromatic amines is 2. The van der Waals surface area contributed by atoms with E-state index in [9.17, 15) is 14.7 Å². The summed E-state index contributed by atoms with van der Waals surface area (Å²) < 4.78 is 7.06. The van der Waals surface area contributed by atoms with Crippen molar-refractivity contribution in [3.05, 3.63) is 59.0 Å². The highest BCUT2D eigenvalue weighted by Gasteiger charge is 2.19. The van der Waals surface area contributed by atoms with Crippen molar-refractivity contribution in [1.29, 1.82) is 0 Å². The van der Waals surface area contributed by atoms with Gasteiger partial charge in [0.2, 0.25) is 0 Å². The first kappa shape index (κ1) is 24.0. The molecule has 1 atom stereocenters. The van der Waals surface area contributed by atoms with Crippen LogP contribution in [-0.4, -0.2) is 60.5 Å². The molecule has 3 aromatic heterocycles. The van der Waals surface area contributed by atoms with Crippen LogP contribution in [-0.2, 0) is 4.74 Å². The zero-order valence-corrected chi connectivity index (χ0v) is 20.0. The zero-order chi connectivity index (χ0) is 25.2. The fourth-order valence-corrected chi connectivity index (χ4v) is 3.63. The Kier molecular flexibility index (Phi) is 6.61. The molecule has 184 valence electrons. The van der Waals surface area contributed by atoms with E-state index in [1.54, 1.807) is 39.4 Å². The van der Waals surface area contributed by atoms with E-state index in [-0.39, 0.29) is 18.6 Å². The lowest BCUT2D eigenvalue weighted by Crippen LogP contribution is -2.39. The minimum Gasteiger partial charge on any atom is -0.444 e. The first-order valence-electron chi connectivity index (χ1n) is 11.2. The van der Waals surface area contributed by atoms with Gasteiger partial charge in [0.15, 0.2) is 0 Å². The number of aliphatic hydroxyl groups excluding tert-OH is 1. The van der Waals surface area contributed by atoms with Gasteiger partial charge in [0.05, 0.1) is 29.2 Å². The number of amides is 1. The highest BCUT2D eigenvalue weighted by molar-refractivity contribution is 5.86. The van der Waals surface area contributed by atoms with E-state index in [0.29, 0.717) is 17.1 Å². The summed E-state index contributed by atoms with van der Waals surface area (Å²) in [6.07, 6.45) is 5.27. The van der Waals surface area contributed by atoms with Gasteiger partial charge in [0.25, 0.3) is 5.56 Å². The van der Waals surface area contributed by atoms with Crippen LogP contribution in [0.15, 0.2) is 47.9 Å². The van der Waals surface area contributed by atoms with Crippen LogP contribution in [0.25, 0.3) is 28.1 Å². The average molecular weight is 480 g/mol. The Labute approximate surface area is 201 Å². The first-order valence-corrected chi connectivity index (χ1v) is 11.2. The number of ether oxygens (including phenoxy) is 1. The Bertz CT molecular complexity index is 1380. The maximum Gasteiger partial charge on any atom is 0.407 e. The molecule has 4 aromatic rings. The van der Waals surface area contributed by atoms with Gasteiger partial charge in [-0.3, -0.25) is 4.79 Å². The summed E-state index contributed by atoms with van der Waals surface area (Å²) >= 11 is 0. The molecule has 0 fully saturated rings. The third-order valence-electron chi connectivity index (χ3n) is 5.17. The number of carbonyl (C=O) groups is 1. The van der Waals surface area contributed by atoms with Crippen molar-refractivity contribution >= 4 is 22.8 Å². The summed E-state index contributed by atoms with van der Waals surface area (Å²) in [7, 11) is 0. The van der Waals surface area contributed by atoms with Crippen molar-refractivity contribution < 1.29 is 14.6 Å². The molecule has 1 amide bonds. The number of nitrogens with zero attached hydrogens (tertiary/aromatic N) is 3. The summed E-state index contributed by atoms with van der Waals surface area (Å²) in [5.41, 5.74) is 3.25. The van der Waals surface area contributed by atoms with Gasteiger partial charge < -0.3 is 35.0 Å². The van der Waals surface area contributed by atoms with Gasteiger partial charge in [0, 0.05) is 37.4 Å². The molecule has 3 heterocycles. The smallest absolute Gasteiger partial charge is 0.407 e. The molecule has 0 bridgehead atoms. The predicted octanol–water partition coefficient (Wildman–Crippen LogP) is 2.71. The number of aryl methyl sites for hydroxylation is 1. The summed E-state index contributed by atoms with van der Waals surface area (Å²) in [4.78, 5) is 39.2. The molecule has 0 aliphatic carbocycles. The van der Waals surface area contributed by atoms with Crippen LogP contribution in [0.1, 0.15) is 26.3 Å². The lowest BCUT2D eigenvalue weighted by molar-refractivity contribution is 0.0496. The van der Waals surface area contributed by atoms with Crippen molar-refractivity contribution in [1.82, 2.24) is 29.8 Å². The second kappa shape index (κ2) is 9.63. The van der Waals surface area contributed by atoms with Crippen molar-refractivity contribution in [3.63, 3.8) is 0 Å². The molecular formula is C24H29N7O4. The van der Waals surface area contributed by atoms with E-state index in [0.717, 1.165) is 22.3 Å². The summed E-state index contributed by atoms with van der Waals surface area (Å²) in [6.45, 7) is 7.32. The number of aliphatic hydroxyl groups is 1. The summed E-state index contributed by atoms with van der Waals surface area (Å²) in [5, 5.41) is 15.9. The average Bonchev–Trinajstić information content (AvgIpc) is 3.45. The van der Waals surface area contributed by atoms with Gasteiger partial charge in [-0.1, -0.05) is 0 Å². The number of hydrogen-bond acceptors (Lipinski definition) is 7. The second-order valence-electron chi connectivity index (χ2n) is 9.23. The number of H-pyrrole nitrogens is 2. The van der Waals surface area contributed by atoms with Crippen LogP contribution < -0.4 is 16.2 Å². The van der Waals surface area contributed by atoms with E-state index in [2.05, 4.69) is 30.6 Å². The molecule has 4 rings (SSSR count). The zero-order valence-electron chi connectivity index (χ0n) is 20.0. The standard InChI is InChI=1S/C24H29N7O4/c1-14-9-15(31-8-7-25-13-31)10-18-20(14)30-21(29-18)19-17(5-6-26-22(19)33)27-11-16(32)12-28-23(34)35-24(2,3)4/h5-10,13,16,32H,11-12H2,1-4H3,(H,28,34)(H,29,30)(H2,26,27,33). The second-order valence-corrected chi connectivity index (χ2v) is 9.23. The molecule has 0 aliphatic rings. The van der Waals surface area contributed by atoms with Crippen LogP contribution in [0.4, 0.5) is 10.5 Å². The van der Waals surface area contributed by atoms with Crippen molar-refractivity contribution in [2.45, 2.75) is 39.4 Å². The van der Waals surface area contributed by atoms with E-state index in [1.165, 1.54) is 6.20 Å². The molecule has 0 spiro atoms. The largest absolute Gasteiger partial charge is 0.444 e. The maximum absolute atomic E-state index is 12.7. The molecule has 11 heteroatoms. The maximum atomic E-state index is 12.7. The lowest BCUT2D eigenvalue weighted by atomic mass is 10.2. The molecule has 1 unspecified atom stereocenters. The van der Waals surface area contributed by atoms with Gasteiger partial charge in [-0.25, -0.2) is 14.8 Å². The number of hydrogen-bond donors (Lipinski definition) is 5. The van der Waals surface area contributed by atoms with Crippen molar-refractivity contribution in [3.8, 4) is 17.1 Å². The SMILES string of the molecule is Cc1cc(-n2ccnc2)cc2[nH]c(-c3c(NCC(O)CNC(=O)OC(C)(C)C)cc[nH]c3=O)nc12. The van der Waals surface area contributed by atoms with E-state index < -0.39 is 17.8 Å². The number of nitrogens with one attached hydrogen (secondary N) is 4. The third-order valence-corrected chi connectivity index (χ3v) is 5.17. The molecule has 35 heavy (non-hydrogen) atoms. The number of alkyl carbamates (subject to hydrolysis) is 1. The molecule has 0 saturated carbocycles. The molecule has 5 N–H and O–H groups in total. The molecule has 11 nitrogen and oxygen atoms in total. The third kappa shape index (κ3) is 5.69. The Morgan fingerprint density at radius 1 is 1.29 bits per heavy atom. The quantitative estimate of drug-likeness (QED) is 0.273. The topological polar surface area (TPSA) is 150 Å². The van der Waals surface area contributed by atoms with Gasteiger partial charge in [0.1, 0.15) is 17.0 Å². The molecule has 0 radical (unpaired) electrons. The molecule has 0 aliphatic heterocycles. The summed E-state index contributed by atoms with van der Waals surface area (Å²) in [6, 6.07) is 5.63. The number of carbonyl (C=O) groups excluding carboxylic acids is 1. The number of imidazole rings is 2. The van der Waals surface area contributed by atoms with E-state index >= 15 is 0 Å². The highest BCUT2D eigenvalue weighted by Crippen LogP contribution is 2.27. The number of rotatable bonds is 7. The number of aromatic nitrogens is 5. The van der Waals surface area contributed by atoms with Crippen LogP contribution in [0.5, 0.6) is 0 Å². The van der Waals surface area contributed by atoms with Crippen LogP contribution >= 0.6 is 0 Å². The Hall–Kier alpha value is -4.12. The molecule has 0 saturated heterocycles. The normalized spacial score (nSPS) is 12.5. The number of benzene rings is 1. The summed E-state index contributed by atoms with van der Waals surface area (Å²) in [5.74, 6) is 0.400. The van der Waals surface area contributed by atoms with E-state index in [1.807, 2.05) is 29.8 Å². The molecule has 1 aromatic carbocycles. The molecular weight excluding hydrogens is 450 g/mol. The van der Waals surface area contributed by atoms with Crippen LogP contribution in [0.2, 0.25) is 0 Å². The lowest BCUT2D eigenvalue weighted by Gasteiger charge is -2.21. The van der Waals surface area contributed by atoms with E-state index in [4.69, 9.17) is 4.74 Å². The van der Waals surface area contributed by atoms with Gasteiger partial charge in [-0.15, -0.1) is 0 Å². The van der Waals surface area contributed by atoms with Crippen LogP contribution in [0, 0.1) is 6.92 Å². The Balaban J connectivity index is 1.53. The Morgan fingerprint density at radius 2 is 2.09 bits per heavy atom. The minimum atomic E-state index is -0.912. The van der Waals surface area contributed by atoms with Gasteiger partial charge in [-0.2, -0.15) is 0 Å². The van der Waals surface area contributed by atoms with Crippen molar-refractivity contribution in [2.24, 2.45) is 0 Å². The first-order chi connectivity index (χ1) is 16.6. The number of anilines is 1. The monoisotopic (exact) mass is 479 g/mol. The fraction of sp³-hybridized carbons (Fsp3) is 0.333. The number of pyridine rings is 1. The van der Waals surface area contributed by atoms with Crippen LogP contribution in [0.3, 0.4) is 0 Å².